The van der Waals surface area contributed by atoms with Gasteiger partial charge in [-0.1, -0.05) is 0 Å². The molecule has 7 heteroatoms. The topological polar surface area (TPSA) is 87.8 Å². The van der Waals surface area contributed by atoms with Gasteiger partial charge in [0.05, 0.1) is 13.2 Å². The molecule has 82 valence electrons. The van der Waals surface area contributed by atoms with E-state index < -0.39 is 5.97 Å². The number of carboxylic acid groups (broad SMARTS) is 1. The van der Waals surface area contributed by atoms with Crippen molar-refractivity contribution in [2.75, 3.05) is 31.7 Å². The zero-order chi connectivity index (χ0) is 10.7. The fraction of sp³-hybridized carbons (Fsp3) is 0.500. The van der Waals surface area contributed by atoms with Crippen molar-refractivity contribution < 1.29 is 19.1 Å². The standard InChI is InChI=1S/C8H11N3O4/c12-7(13)6-5-15-8(9-6)10-11-1-3-14-4-2-11/h5H,1-4H2,(H,9,10)(H,12,13). The van der Waals surface area contributed by atoms with Crippen molar-refractivity contribution >= 4 is 12.0 Å². The Bertz CT molecular complexity index is 345. The average molecular weight is 213 g/mol. The van der Waals surface area contributed by atoms with E-state index in [1.807, 2.05) is 5.01 Å². The molecule has 0 aliphatic carbocycles. The highest BCUT2D eigenvalue weighted by Crippen LogP contribution is 2.09. The number of carbonyl (C=O) groups is 1. The number of rotatable bonds is 3. The first-order chi connectivity index (χ1) is 7.25. The molecular formula is C8H11N3O4. The number of aromatic nitrogens is 1. The van der Waals surface area contributed by atoms with Gasteiger partial charge in [-0.05, 0) is 0 Å². The summed E-state index contributed by atoms with van der Waals surface area (Å²) in [7, 11) is 0. The number of carboxylic acids is 1. The summed E-state index contributed by atoms with van der Waals surface area (Å²) in [6.45, 7) is 2.70. The minimum absolute atomic E-state index is 0.106. The van der Waals surface area contributed by atoms with Crippen LogP contribution in [0.2, 0.25) is 0 Å². The Kier molecular flexibility index (Phi) is 2.84. The zero-order valence-electron chi connectivity index (χ0n) is 7.97. The number of aromatic carboxylic acids is 1. The fourth-order valence-electron chi connectivity index (χ4n) is 1.23. The van der Waals surface area contributed by atoms with E-state index in [1.165, 1.54) is 0 Å². The minimum Gasteiger partial charge on any atom is -0.476 e. The predicted octanol–water partition coefficient (Wildman–Crippen LogP) is 0.0319. The number of hydrogen-bond acceptors (Lipinski definition) is 6. The quantitative estimate of drug-likeness (QED) is 0.732. The van der Waals surface area contributed by atoms with Gasteiger partial charge in [-0.15, -0.1) is 0 Å². The van der Waals surface area contributed by atoms with Gasteiger partial charge in [0.2, 0.25) is 0 Å². The maximum Gasteiger partial charge on any atom is 0.357 e. The molecule has 0 atom stereocenters. The third-order valence-electron chi connectivity index (χ3n) is 1.99. The van der Waals surface area contributed by atoms with Gasteiger partial charge in [0.15, 0.2) is 5.69 Å². The smallest absolute Gasteiger partial charge is 0.357 e. The summed E-state index contributed by atoms with van der Waals surface area (Å²) >= 11 is 0. The first-order valence-electron chi connectivity index (χ1n) is 4.54. The molecule has 0 bridgehead atoms. The van der Waals surface area contributed by atoms with Gasteiger partial charge in [0.25, 0.3) is 0 Å². The van der Waals surface area contributed by atoms with Crippen LogP contribution >= 0.6 is 0 Å². The predicted molar refractivity (Wildman–Crippen MR) is 49.5 cm³/mol. The monoisotopic (exact) mass is 213 g/mol. The number of anilines is 1. The molecule has 2 rings (SSSR count). The van der Waals surface area contributed by atoms with Gasteiger partial charge in [0, 0.05) is 13.1 Å². The molecule has 2 heterocycles. The number of hydrazine groups is 1. The number of oxazole rings is 1. The molecule has 1 aromatic heterocycles. The van der Waals surface area contributed by atoms with Gasteiger partial charge in [0.1, 0.15) is 6.26 Å². The van der Waals surface area contributed by atoms with Crippen molar-refractivity contribution in [3.63, 3.8) is 0 Å². The van der Waals surface area contributed by atoms with Crippen LogP contribution in [-0.4, -0.2) is 47.4 Å². The molecular weight excluding hydrogens is 202 g/mol. The Morgan fingerprint density at radius 1 is 1.53 bits per heavy atom. The lowest BCUT2D eigenvalue weighted by Gasteiger charge is -2.25. The van der Waals surface area contributed by atoms with Crippen LogP contribution in [0.15, 0.2) is 10.7 Å². The number of ether oxygens (including phenoxy) is 1. The van der Waals surface area contributed by atoms with E-state index in [2.05, 4.69) is 10.4 Å². The van der Waals surface area contributed by atoms with Crippen LogP contribution in [0.1, 0.15) is 10.5 Å². The lowest BCUT2D eigenvalue weighted by Crippen LogP contribution is -2.40. The summed E-state index contributed by atoms with van der Waals surface area (Å²) in [5.74, 6) is -1.10. The summed E-state index contributed by atoms with van der Waals surface area (Å²) in [6.07, 6.45) is 1.10. The van der Waals surface area contributed by atoms with Gasteiger partial charge < -0.3 is 14.3 Å². The first-order valence-corrected chi connectivity index (χ1v) is 4.54. The van der Waals surface area contributed by atoms with Crippen molar-refractivity contribution in [3.05, 3.63) is 12.0 Å². The van der Waals surface area contributed by atoms with Gasteiger partial charge >= 0.3 is 12.0 Å². The van der Waals surface area contributed by atoms with Crippen LogP contribution in [0.3, 0.4) is 0 Å². The number of nitrogens with zero attached hydrogens (tertiary/aromatic N) is 2. The van der Waals surface area contributed by atoms with Crippen molar-refractivity contribution in [3.8, 4) is 0 Å². The maximum atomic E-state index is 10.5. The molecule has 0 unspecified atom stereocenters. The third-order valence-corrected chi connectivity index (χ3v) is 1.99. The van der Waals surface area contributed by atoms with Crippen LogP contribution in [0, 0.1) is 0 Å². The highest BCUT2D eigenvalue weighted by Gasteiger charge is 2.14. The van der Waals surface area contributed by atoms with Crippen LogP contribution in [0.4, 0.5) is 6.01 Å². The van der Waals surface area contributed by atoms with Crippen LogP contribution in [0.5, 0.6) is 0 Å². The van der Waals surface area contributed by atoms with E-state index in [-0.39, 0.29) is 11.7 Å². The molecule has 2 N–H and O–H groups in total. The molecule has 1 aliphatic rings. The highest BCUT2D eigenvalue weighted by atomic mass is 16.5. The summed E-state index contributed by atoms with van der Waals surface area (Å²) in [5.41, 5.74) is 2.76. The molecule has 15 heavy (non-hydrogen) atoms. The summed E-state index contributed by atoms with van der Waals surface area (Å²) in [5, 5.41) is 10.5. The molecule has 1 aromatic rings. The summed E-state index contributed by atoms with van der Waals surface area (Å²) in [6, 6.07) is 0.189. The highest BCUT2D eigenvalue weighted by molar-refractivity contribution is 5.85. The van der Waals surface area contributed by atoms with E-state index in [0.29, 0.717) is 26.3 Å². The van der Waals surface area contributed by atoms with Crippen molar-refractivity contribution in [1.29, 1.82) is 0 Å². The van der Waals surface area contributed by atoms with Crippen LogP contribution < -0.4 is 5.43 Å². The molecule has 1 aliphatic heterocycles. The van der Waals surface area contributed by atoms with E-state index in [4.69, 9.17) is 14.3 Å². The number of nitrogens with one attached hydrogen (secondary N) is 1. The molecule has 7 nitrogen and oxygen atoms in total. The SMILES string of the molecule is O=C(O)c1coc(NN2CCOCC2)n1. The Balaban J connectivity index is 1.94. The summed E-state index contributed by atoms with van der Waals surface area (Å²) < 4.78 is 10.1. The Morgan fingerprint density at radius 3 is 2.87 bits per heavy atom. The molecule has 0 amide bonds. The Hall–Kier alpha value is -1.60. The van der Waals surface area contributed by atoms with Crippen LogP contribution in [0.25, 0.3) is 0 Å². The number of morpholine rings is 1. The molecule has 0 aromatic carbocycles. The van der Waals surface area contributed by atoms with Crippen molar-refractivity contribution in [2.45, 2.75) is 0 Å². The average Bonchev–Trinajstić information content (AvgIpc) is 2.68. The van der Waals surface area contributed by atoms with E-state index in [0.717, 1.165) is 6.26 Å². The summed E-state index contributed by atoms with van der Waals surface area (Å²) in [4.78, 5) is 14.3. The lowest BCUT2D eigenvalue weighted by atomic mass is 10.5. The Labute approximate surface area is 85.6 Å². The first kappa shape index (κ1) is 9.94. The second kappa shape index (κ2) is 4.28. The number of hydrogen-bond donors (Lipinski definition) is 2. The third kappa shape index (κ3) is 2.45. The molecule has 1 saturated heterocycles. The van der Waals surface area contributed by atoms with Gasteiger partial charge in [-0.3, -0.25) is 5.43 Å². The van der Waals surface area contributed by atoms with Crippen molar-refractivity contribution in [2.24, 2.45) is 0 Å². The fourth-order valence-corrected chi connectivity index (χ4v) is 1.23. The second-order valence-corrected chi connectivity index (χ2v) is 3.05. The van der Waals surface area contributed by atoms with E-state index in [9.17, 15) is 4.79 Å². The molecule has 0 spiro atoms. The molecule has 1 fully saturated rings. The minimum atomic E-state index is -1.10. The largest absolute Gasteiger partial charge is 0.476 e. The zero-order valence-corrected chi connectivity index (χ0v) is 7.97. The van der Waals surface area contributed by atoms with Gasteiger partial charge in [-0.25, -0.2) is 9.80 Å². The van der Waals surface area contributed by atoms with Crippen LogP contribution in [-0.2, 0) is 4.74 Å². The lowest BCUT2D eigenvalue weighted by molar-refractivity contribution is 0.0483. The normalized spacial score (nSPS) is 17.6. The molecule has 0 radical (unpaired) electrons. The Morgan fingerprint density at radius 2 is 2.27 bits per heavy atom. The molecule has 0 saturated carbocycles. The van der Waals surface area contributed by atoms with Crippen molar-refractivity contribution in [1.82, 2.24) is 9.99 Å². The maximum absolute atomic E-state index is 10.5. The van der Waals surface area contributed by atoms with E-state index in [1.54, 1.807) is 0 Å². The van der Waals surface area contributed by atoms with E-state index >= 15 is 0 Å². The van der Waals surface area contributed by atoms with Gasteiger partial charge in [-0.2, -0.15) is 4.98 Å². The second-order valence-electron chi connectivity index (χ2n) is 3.05.